The van der Waals surface area contributed by atoms with Crippen LogP contribution >= 0.6 is 0 Å². The van der Waals surface area contributed by atoms with Gasteiger partial charge in [0.1, 0.15) is 11.7 Å². The minimum absolute atomic E-state index is 0.0205. The number of nitrogens with one attached hydrogen (secondary N) is 1. The summed E-state index contributed by atoms with van der Waals surface area (Å²) in [6.45, 7) is 3.62. The number of benzene rings is 2. The van der Waals surface area contributed by atoms with Crippen LogP contribution in [0, 0.1) is 19.7 Å². The Hall–Kier alpha value is -3.35. The Labute approximate surface area is 203 Å². The number of alkyl halides is 1. The lowest BCUT2D eigenvalue weighted by Crippen LogP contribution is -2.30. The molecule has 0 bridgehead atoms. The van der Waals surface area contributed by atoms with E-state index in [9.17, 15) is 4.79 Å². The van der Waals surface area contributed by atoms with Gasteiger partial charge in [0.15, 0.2) is 11.6 Å². The second kappa shape index (κ2) is 9.72. The van der Waals surface area contributed by atoms with Gasteiger partial charge in [-0.2, -0.15) is 5.10 Å². The predicted octanol–water partition coefficient (Wildman–Crippen LogP) is 6.22. The maximum Gasteiger partial charge on any atom is 0.257 e. The number of rotatable bonds is 7. The van der Waals surface area contributed by atoms with Crippen molar-refractivity contribution >= 4 is 5.91 Å². The number of aromatic nitrogens is 2. The van der Waals surface area contributed by atoms with Crippen molar-refractivity contribution in [2.75, 3.05) is 6.54 Å². The number of hydrogen-bond donors (Lipinski definition) is 1. The average molecular weight is 478 g/mol. The summed E-state index contributed by atoms with van der Waals surface area (Å²) >= 11 is 0. The van der Waals surface area contributed by atoms with Crippen molar-refractivity contribution in [1.29, 1.82) is 0 Å². The van der Waals surface area contributed by atoms with Crippen molar-refractivity contribution in [3.63, 3.8) is 0 Å². The monoisotopic (exact) mass is 477 g/mol. The molecule has 7 heteroatoms. The predicted molar refractivity (Wildman–Crippen MR) is 129 cm³/mol. The van der Waals surface area contributed by atoms with Gasteiger partial charge in [0.05, 0.1) is 12.2 Å². The molecule has 35 heavy (non-hydrogen) atoms. The highest BCUT2D eigenvalue weighted by Gasteiger charge is 2.30. The van der Waals surface area contributed by atoms with Gasteiger partial charge in [-0.3, -0.25) is 4.79 Å². The van der Waals surface area contributed by atoms with Gasteiger partial charge in [0.25, 0.3) is 11.8 Å². The largest absolute Gasteiger partial charge is 0.434 e. The quantitative estimate of drug-likeness (QED) is 0.439. The third kappa shape index (κ3) is 4.90. The Morgan fingerprint density at radius 3 is 2.71 bits per heavy atom. The summed E-state index contributed by atoms with van der Waals surface area (Å²) in [5.41, 5.74) is 4.76. The highest BCUT2D eigenvalue weighted by atomic mass is 19.1. The fourth-order valence-corrected chi connectivity index (χ4v) is 4.84. The molecule has 1 amide bonds. The van der Waals surface area contributed by atoms with E-state index >= 15 is 8.78 Å². The van der Waals surface area contributed by atoms with Crippen molar-refractivity contribution in [2.24, 2.45) is 0 Å². The zero-order chi connectivity index (χ0) is 24.5. The Morgan fingerprint density at radius 2 is 1.94 bits per heavy atom. The summed E-state index contributed by atoms with van der Waals surface area (Å²) in [7, 11) is 0. The molecule has 0 radical (unpaired) electrons. The topological polar surface area (TPSA) is 64.1 Å². The molecule has 2 aliphatic carbocycles. The van der Waals surface area contributed by atoms with Gasteiger partial charge in [-0.15, -0.1) is 5.10 Å². The lowest BCUT2D eigenvalue weighted by atomic mass is 9.92. The van der Waals surface area contributed by atoms with E-state index in [4.69, 9.17) is 4.74 Å². The van der Waals surface area contributed by atoms with E-state index < -0.39 is 17.9 Å². The molecular weight excluding hydrogens is 448 g/mol. The molecule has 1 unspecified atom stereocenters. The third-order valence-corrected chi connectivity index (χ3v) is 6.86. The first kappa shape index (κ1) is 23.4. The minimum atomic E-state index is -1.36. The van der Waals surface area contributed by atoms with Crippen LogP contribution in [0.4, 0.5) is 8.78 Å². The summed E-state index contributed by atoms with van der Waals surface area (Å²) < 4.78 is 36.0. The Balaban J connectivity index is 1.42. The molecule has 0 saturated heterocycles. The van der Waals surface area contributed by atoms with Crippen molar-refractivity contribution in [3.05, 3.63) is 81.3 Å². The first-order chi connectivity index (χ1) is 16.9. The van der Waals surface area contributed by atoms with Crippen LogP contribution < -0.4 is 10.1 Å². The summed E-state index contributed by atoms with van der Waals surface area (Å²) in [6.07, 6.45) is 3.77. The average Bonchev–Trinajstić information content (AvgIpc) is 3.69. The molecule has 182 valence electrons. The van der Waals surface area contributed by atoms with Crippen LogP contribution in [-0.4, -0.2) is 22.6 Å². The van der Waals surface area contributed by atoms with E-state index in [-0.39, 0.29) is 29.7 Å². The van der Waals surface area contributed by atoms with Crippen molar-refractivity contribution < 1.29 is 18.3 Å². The smallest absolute Gasteiger partial charge is 0.257 e. The Bertz CT molecular complexity index is 1270. The van der Waals surface area contributed by atoms with Gasteiger partial charge in [0.2, 0.25) is 0 Å². The number of nitrogens with zero attached hydrogens (tertiary/aromatic N) is 2. The molecule has 5 nitrogen and oxygen atoms in total. The van der Waals surface area contributed by atoms with Crippen LogP contribution in [0.1, 0.15) is 81.6 Å². The lowest BCUT2D eigenvalue weighted by Gasteiger charge is -2.20. The van der Waals surface area contributed by atoms with Gasteiger partial charge in [-0.05, 0) is 86.6 Å². The van der Waals surface area contributed by atoms with Crippen LogP contribution in [0.5, 0.6) is 11.6 Å². The van der Waals surface area contributed by atoms with Crippen LogP contribution in [0.3, 0.4) is 0 Å². The third-order valence-electron chi connectivity index (χ3n) is 6.86. The maximum absolute atomic E-state index is 15.1. The molecule has 2 aliphatic rings. The summed E-state index contributed by atoms with van der Waals surface area (Å²) in [4.78, 5) is 13.4. The van der Waals surface area contributed by atoms with Crippen molar-refractivity contribution in [3.8, 4) is 11.6 Å². The SMILES string of the molecule is Cc1ccc(C(F)CNC(=O)c2c(Oc3cccc(C4CC4)c3F)nnc3c2CCCC3)c(C)c1. The molecule has 1 heterocycles. The Kier molecular flexibility index (Phi) is 6.50. The van der Waals surface area contributed by atoms with Gasteiger partial charge in [-0.25, -0.2) is 8.78 Å². The zero-order valence-electron chi connectivity index (χ0n) is 20.0. The van der Waals surface area contributed by atoms with Crippen molar-refractivity contribution in [1.82, 2.24) is 15.5 Å². The summed E-state index contributed by atoms with van der Waals surface area (Å²) in [5.74, 6) is -0.731. The van der Waals surface area contributed by atoms with E-state index in [1.165, 1.54) is 6.07 Å². The standard InChI is InChI=1S/C28H29F2N3O2/c1-16-10-13-19(17(2)14-16)22(29)15-31-27(34)25-21-6-3-4-8-23(21)32-33-28(25)35-24-9-5-7-20(26(24)30)18-11-12-18/h5,7,9-10,13-14,18,22H,3-4,6,8,11-12,15H2,1-2H3,(H,31,34). The first-order valence-electron chi connectivity index (χ1n) is 12.3. The number of ether oxygens (including phenoxy) is 1. The van der Waals surface area contributed by atoms with Gasteiger partial charge in [-0.1, -0.05) is 35.9 Å². The molecule has 2 aromatic carbocycles. The van der Waals surface area contributed by atoms with Crippen molar-refractivity contribution in [2.45, 2.75) is 64.5 Å². The van der Waals surface area contributed by atoms with Gasteiger partial charge >= 0.3 is 0 Å². The number of amides is 1. The van der Waals surface area contributed by atoms with Gasteiger partial charge in [0, 0.05) is 0 Å². The Morgan fingerprint density at radius 1 is 1.14 bits per heavy atom. The fourth-order valence-electron chi connectivity index (χ4n) is 4.84. The van der Waals surface area contributed by atoms with Gasteiger partial charge < -0.3 is 10.1 Å². The van der Waals surface area contributed by atoms with E-state index in [1.807, 2.05) is 26.0 Å². The lowest BCUT2D eigenvalue weighted by molar-refractivity contribution is 0.0936. The molecule has 1 N–H and O–H groups in total. The second-order valence-electron chi connectivity index (χ2n) is 9.59. The molecule has 1 aromatic heterocycles. The number of carbonyl (C=O) groups excluding carboxylic acids is 1. The van der Waals surface area contributed by atoms with E-state index in [2.05, 4.69) is 15.5 Å². The van der Waals surface area contributed by atoms with E-state index in [0.717, 1.165) is 48.1 Å². The van der Waals surface area contributed by atoms with Crippen LogP contribution in [-0.2, 0) is 12.8 Å². The molecule has 0 aliphatic heterocycles. The van der Waals surface area contributed by atoms with E-state index in [1.54, 1.807) is 18.2 Å². The fraction of sp³-hybridized carbons (Fsp3) is 0.393. The van der Waals surface area contributed by atoms with E-state index in [0.29, 0.717) is 24.0 Å². The molecule has 1 fully saturated rings. The highest BCUT2D eigenvalue weighted by Crippen LogP contribution is 2.43. The maximum atomic E-state index is 15.1. The molecule has 0 spiro atoms. The number of fused-ring (bicyclic) bond motifs is 1. The molecule has 5 rings (SSSR count). The molecule has 1 saturated carbocycles. The number of aryl methyl sites for hydroxylation is 3. The second-order valence-corrected chi connectivity index (χ2v) is 9.59. The number of hydrogen-bond acceptors (Lipinski definition) is 4. The summed E-state index contributed by atoms with van der Waals surface area (Å²) in [5, 5.41) is 11.1. The number of halogens is 2. The highest BCUT2D eigenvalue weighted by molar-refractivity contribution is 5.98. The summed E-state index contributed by atoms with van der Waals surface area (Å²) in [6, 6.07) is 10.6. The minimum Gasteiger partial charge on any atom is -0.434 e. The molecule has 1 atom stereocenters. The first-order valence-corrected chi connectivity index (χ1v) is 12.3. The normalized spacial score (nSPS) is 15.9. The van der Waals surface area contributed by atoms with Crippen LogP contribution in [0.2, 0.25) is 0 Å². The number of carbonyl (C=O) groups is 1. The molecular formula is C28H29F2N3O2. The zero-order valence-corrected chi connectivity index (χ0v) is 20.0. The molecule has 3 aromatic rings. The van der Waals surface area contributed by atoms with Crippen LogP contribution in [0.25, 0.3) is 0 Å². The van der Waals surface area contributed by atoms with Crippen LogP contribution in [0.15, 0.2) is 36.4 Å².